The van der Waals surface area contributed by atoms with Gasteiger partial charge in [-0.15, -0.1) is 0 Å². The Morgan fingerprint density at radius 2 is 1.69 bits per heavy atom. The van der Waals surface area contributed by atoms with E-state index in [1.54, 1.807) is 31.2 Å². The number of imide groups is 1. The van der Waals surface area contributed by atoms with Gasteiger partial charge in [0.15, 0.2) is 0 Å². The number of anilines is 1. The van der Waals surface area contributed by atoms with E-state index in [0.717, 1.165) is 38.9 Å². The third-order valence-electron chi connectivity index (χ3n) is 5.76. The highest BCUT2D eigenvalue weighted by Gasteiger charge is 2.36. The molecule has 36 heavy (non-hydrogen) atoms. The normalized spacial score (nSPS) is 14.6. The van der Waals surface area contributed by atoms with Crippen LogP contribution in [0.5, 0.6) is 0 Å². The number of nitrogens with zero attached hydrogens (tertiary/aromatic N) is 1. The summed E-state index contributed by atoms with van der Waals surface area (Å²) in [5.74, 6) is -1.20. The molecule has 0 spiro atoms. The Hall–Kier alpha value is -4.11. The van der Waals surface area contributed by atoms with Gasteiger partial charge in [0.2, 0.25) is 5.91 Å². The number of carboxylic acid groups (broad SMARTS) is 1. The predicted octanol–water partition coefficient (Wildman–Crippen LogP) is 5.55. The van der Waals surface area contributed by atoms with Gasteiger partial charge in [0.05, 0.1) is 10.5 Å². The molecule has 0 unspecified atom stereocenters. The van der Waals surface area contributed by atoms with Gasteiger partial charge in [-0.3, -0.25) is 19.3 Å². The van der Waals surface area contributed by atoms with Crippen LogP contribution < -0.4 is 5.32 Å². The highest BCUT2D eigenvalue weighted by Crippen LogP contribution is 2.34. The number of carboxylic acids is 1. The summed E-state index contributed by atoms with van der Waals surface area (Å²) in [7, 11) is 0. The summed E-state index contributed by atoms with van der Waals surface area (Å²) < 4.78 is 5.83. The van der Waals surface area contributed by atoms with E-state index in [1.807, 2.05) is 32.9 Å². The van der Waals surface area contributed by atoms with Crippen LogP contribution in [0.25, 0.3) is 17.4 Å². The maximum atomic E-state index is 12.9. The predicted molar refractivity (Wildman–Crippen MR) is 138 cm³/mol. The van der Waals surface area contributed by atoms with Crippen LogP contribution in [0.2, 0.25) is 0 Å². The van der Waals surface area contributed by atoms with E-state index in [-0.39, 0.29) is 10.5 Å². The third kappa shape index (κ3) is 5.11. The standard InChI is InChI=1S/C27H24N2O6S/c1-14-9-16(3)24(17(4)10-14)28-23(30)13-29-25(31)22(36-27(29)34)12-19-6-8-21(35-19)20-7-5-18(26(32)33)11-15(20)2/h5-12H,13H2,1-4H3,(H,28,30)(H,32,33)/b22-12-. The summed E-state index contributed by atoms with van der Waals surface area (Å²) in [6, 6.07) is 12.0. The molecule has 3 amide bonds. The second kappa shape index (κ2) is 9.87. The number of furan rings is 1. The molecule has 2 heterocycles. The van der Waals surface area contributed by atoms with E-state index in [2.05, 4.69) is 5.32 Å². The first-order valence-corrected chi connectivity index (χ1v) is 11.9. The average Bonchev–Trinajstić information content (AvgIpc) is 3.36. The first kappa shape index (κ1) is 25.0. The Bertz CT molecular complexity index is 1430. The minimum atomic E-state index is -1.02. The van der Waals surface area contributed by atoms with Crippen molar-refractivity contribution in [3.63, 3.8) is 0 Å². The SMILES string of the molecule is Cc1cc(C)c(NC(=O)CN2C(=O)S/C(=C\c3ccc(-c4ccc(C(=O)O)cc4C)o3)C2=O)c(C)c1. The number of carbonyl (C=O) groups is 4. The van der Waals surface area contributed by atoms with Crippen molar-refractivity contribution in [3.05, 3.63) is 80.9 Å². The Morgan fingerprint density at radius 1 is 1.00 bits per heavy atom. The van der Waals surface area contributed by atoms with Crippen LogP contribution in [0.4, 0.5) is 10.5 Å². The van der Waals surface area contributed by atoms with Crippen molar-refractivity contribution in [2.45, 2.75) is 27.7 Å². The van der Waals surface area contributed by atoms with E-state index >= 15 is 0 Å². The minimum Gasteiger partial charge on any atom is -0.478 e. The molecule has 184 valence electrons. The molecule has 2 aromatic carbocycles. The molecule has 0 atom stereocenters. The third-order valence-corrected chi connectivity index (χ3v) is 6.66. The molecule has 0 bridgehead atoms. The van der Waals surface area contributed by atoms with Crippen LogP contribution in [0.15, 0.2) is 51.8 Å². The molecule has 1 aliphatic rings. The number of benzene rings is 2. The first-order valence-electron chi connectivity index (χ1n) is 11.1. The molecule has 1 saturated heterocycles. The van der Waals surface area contributed by atoms with Gasteiger partial charge in [-0.05, 0) is 80.4 Å². The Kier molecular flexibility index (Phi) is 6.85. The van der Waals surface area contributed by atoms with E-state index in [9.17, 15) is 19.2 Å². The quantitative estimate of drug-likeness (QED) is 0.423. The van der Waals surface area contributed by atoms with Gasteiger partial charge in [0, 0.05) is 17.3 Å². The number of thioether (sulfide) groups is 1. The topological polar surface area (TPSA) is 117 Å². The van der Waals surface area contributed by atoms with Gasteiger partial charge in [0.1, 0.15) is 18.1 Å². The maximum Gasteiger partial charge on any atom is 0.335 e. The molecule has 0 aliphatic carbocycles. The summed E-state index contributed by atoms with van der Waals surface area (Å²) >= 11 is 0.740. The van der Waals surface area contributed by atoms with Gasteiger partial charge < -0.3 is 14.8 Å². The lowest BCUT2D eigenvalue weighted by atomic mass is 10.0. The number of hydrogen-bond donors (Lipinski definition) is 2. The molecule has 3 aromatic rings. The van der Waals surface area contributed by atoms with Crippen molar-refractivity contribution in [1.82, 2.24) is 4.90 Å². The van der Waals surface area contributed by atoms with Crippen LogP contribution in [0.1, 0.15) is 38.4 Å². The monoisotopic (exact) mass is 504 g/mol. The van der Waals surface area contributed by atoms with Crippen LogP contribution in [-0.4, -0.2) is 39.6 Å². The number of carbonyl (C=O) groups excluding carboxylic acids is 3. The zero-order chi connectivity index (χ0) is 26.1. The minimum absolute atomic E-state index is 0.148. The number of hydrogen-bond acceptors (Lipinski definition) is 6. The van der Waals surface area contributed by atoms with E-state index in [1.165, 1.54) is 12.1 Å². The van der Waals surface area contributed by atoms with E-state index in [0.29, 0.717) is 22.8 Å². The van der Waals surface area contributed by atoms with Gasteiger partial charge in [-0.1, -0.05) is 23.8 Å². The van der Waals surface area contributed by atoms with E-state index in [4.69, 9.17) is 9.52 Å². The fourth-order valence-electron chi connectivity index (χ4n) is 4.11. The summed E-state index contributed by atoms with van der Waals surface area (Å²) in [4.78, 5) is 50.2. The van der Waals surface area contributed by atoms with Crippen molar-refractivity contribution in [1.29, 1.82) is 0 Å². The molecule has 4 rings (SSSR count). The molecule has 0 saturated carbocycles. The molecule has 1 aliphatic heterocycles. The highest BCUT2D eigenvalue weighted by atomic mass is 32.2. The van der Waals surface area contributed by atoms with Crippen molar-refractivity contribution in [2.75, 3.05) is 11.9 Å². The summed E-state index contributed by atoms with van der Waals surface area (Å²) in [5, 5.41) is 11.4. The summed E-state index contributed by atoms with van der Waals surface area (Å²) in [6.45, 7) is 7.12. The number of nitrogens with one attached hydrogen (secondary N) is 1. The molecule has 0 radical (unpaired) electrons. The smallest absolute Gasteiger partial charge is 0.335 e. The van der Waals surface area contributed by atoms with Crippen molar-refractivity contribution in [3.8, 4) is 11.3 Å². The van der Waals surface area contributed by atoms with Crippen molar-refractivity contribution < 1.29 is 28.7 Å². The van der Waals surface area contributed by atoms with Crippen molar-refractivity contribution in [2.24, 2.45) is 0 Å². The number of aryl methyl sites for hydroxylation is 4. The summed E-state index contributed by atoms with van der Waals surface area (Å²) in [6.07, 6.45) is 1.46. The Morgan fingerprint density at radius 3 is 2.33 bits per heavy atom. The molecule has 2 N–H and O–H groups in total. The van der Waals surface area contributed by atoms with Gasteiger partial charge in [-0.2, -0.15) is 0 Å². The highest BCUT2D eigenvalue weighted by molar-refractivity contribution is 8.18. The lowest BCUT2D eigenvalue weighted by Crippen LogP contribution is -2.36. The molecular weight excluding hydrogens is 480 g/mol. The van der Waals surface area contributed by atoms with Gasteiger partial charge in [0.25, 0.3) is 11.1 Å². The molecule has 1 aromatic heterocycles. The first-order chi connectivity index (χ1) is 17.0. The van der Waals surface area contributed by atoms with Gasteiger partial charge >= 0.3 is 5.97 Å². The fourth-order valence-corrected chi connectivity index (χ4v) is 4.93. The maximum absolute atomic E-state index is 12.9. The van der Waals surface area contributed by atoms with E-state index < -0.39 is 29.6 Å². The van der Waals surface area contributed by atoms with Crippen LogP contribution in [-0.2, 0) is 9.59 Å². The average molecular weight is 505 g/mol. The second-order valence-electron chi connectivity index (χ2n) is 8.63. The lowest BCUT2D eigenvalue weighted by Gasteiger charge is -2.15. The number of aromatic carboxylic acids is 1. The number of amides is 3. The second-order valence-corrected chi connectivity index (χ2v) is 9.62. The lowest BCUT2D eigenvalue weighted by molar-refractivity contribution is -0.127. The van der Waals surface area contributed by atoms with Gasteiger partial charge in [-0.25, -0.2) is 4.79 Å². The fraction of sp³-hybridized carbons (Fsp3) is 0.185. The largest absolute Gasteiger partial charge is 0.478 e. The summed E-state index contributed by atoms with van der Waals surface area (Å²) in [5.41, 5.74) is 5.16. The zero-order valence-corrected chi connectivity index (χ0v) is 21.0. The van der Waals surface area contributed by atoms with Crippen molar-refractivity contribution >= 4 is 46.5 Å². The molecule has 9 heteroatoms. The molecule has 1 fully saturated rings. The molecular formula is C27H24N2O6S. The Balaban J connectivity index is 1.48. The van der Waals surface area contributed by atoms with Crippen LogP contribution >= 0.6 is 11.8 Å². The Labute approximate surface area is 212 Å². The van der Waals surface area contributed by atoms with Crippen LogP contribution in [0.3, 0.4) is 0 Å². The van der Waals surface area contributed by atoms with Crippen LogP contribution in [0, 0.1) is 27.7 Å². The molecule has 8 nitrogen and oxygen atoms in total. The zero-order valence-electron chi connectivity index (χ0n) is 20.2. The number of rotatable bonds is 6.